The Kier molecular flexibility index (Phi) is 2.53. The van der Waals surface area contributed by atoms with Gasteiger partial charge < -0.3 is 5.73 Å². The molecule has 1 aromatic carbocycles. The van der Waals surface area contributed by atoms with Gasteiger partial charge in [-0.2, -0.15) is 0 Å². The number of pyridine rings is 1. The number of hydrogen-bond donors (Lipinski definition) is 1. The van der Waals surface area contributed by atoms with Crippen molar-refractivity contribution in [3.63, 3.8) is 0 Å². The van der Waals surface area contributed by atoms with E-state index in [0.717, 1.165) is 16.8 Å². The molecule has 0 aliphatic carbocycles. The summed E-state index contributed by atoms with van der Waals surface area (Å²) in [5.74, 6) is 0.413. The first-order valence-corrected chi connectivity index (χ1v) is 5.57. The highest BCUT2D eigenvalue weighted by Gasteiger charge is 2.08. The molecule has 4 nitrogen and oxygen atoms in total. The Hall–Kier alpha value is -2.27. The molecule has 0 radical (unpaired) electrons. The maximum atomic E-state index is 12.9. The van der Waals surface area contributed by atoms with Crippen LogP contribution in [0.15, 0.2) is 42.6 Å². The number of fused-ring (bicyclic) bond motifs is 1. The molecule has 0 aliphatic rings. The van der Waals surface area contributed by atoms with Crippen molar-refractivity contribution in [2.75, 3.05) is 0 Å². The van der Waals surface area contributed by atoms with E-state index in [1.54, 1.807) is 12.1 Å². The van der Waals surface area contributed by atoms with Gasteiger partial charge >= 0.3 is 0 Å². The average molecular weight is 242 g/mol. The van der Waals surface area contributed by atoms with Crippen molar-refractivity contribution in [1.82, 2.24) is 14.6 Å². The summed E-state index contributed by atoms with van der Waals surface area (Å²) in [4.78, 5) is 0. The van der Waals surface area contributed by atoms with Crippen LogP contribution in [0.5, 0.6) is 0 Å². The first-order chi connectivity index (χ1) is 8.78. The Morgan fingerprint density at radius 3 is 2.56 bits per heavy atom. The third kappa shape index (κ3) is 1.74. The normalized spacial score (nSPS) is 11.0. The van der Waals surface area contributed by atoms with E-state index in [4.69, 9.17) is 5.73 Å². The Bertz CT molecular complexity index is 688. The standard InChI is InChI=1S/C13H11FN4/c14-11-4-2-10(3-5-11)13-17-16-12-6-1-9(7-15)8-18(12)13/h1-6,8H,7,15H2. The van der Waals surface area contributed by atoms with Gasteiger partial charge in [0, 0.05) is 18.3 Å². The van der Waals surface area contributed by atoms with Crippen molar-refractivity contribution in [3.8, 4) is 11.4 Å². The van der Waals surface area contributed by atoms with E-state index in [2.05, 4.69) is 10.2 Å². The molecule has 18 heavy (non-hydrogen) atoms. The molecule has 0 saturated carbocycles. The van der Waals surface area contributed by atoms with Crippen LogP contribution in [0.25, 0.3) is 17.0 Å². The van der Waals surface area contributed by atoms with Crippen LogP contribution in [0.4, 0.5) is 4.39 Å². The predicted molar refractivity (Wildman–Crippen MR) is 66.3 cm³/mol. The fourth-order valence-corrected chi connectivity index (χ4v) is 1.85. The van der Waals surface area contributed by atoms with Gasteiger partial charge in [0.15, 0.2) is 11.5 Å². The number of aromatic nitrogens is 3. The zero-order chi connectivity index (χ0) is 12.5. The molecule has 0 atom stereocenters. The summed E-state index contributed by atoms with van der Waals surface area (Å²) in [7, 11) is 0. The van der Waals surface area contributed by atoms with Crippen LogP contribution in [0.2, 0.25) is 0 Å². The van der Waals surface area contributed by atoms with Crippen molar-refractivity contribution >= 4 is 5.65 Å². The van der Waals surface area contributed by atoms with Crippen LogP contribution >= 0.6 is 0 Å². The van der Waals surface area contributed by atoms with Crippen LogP contribution in [0.1, 0.15) is 5.56 Å². The van der Waals surface area contributed by atoms with Crippen LogP contribution in [0.3, 0.4) is 0 Å². The molecule has 3 aromatic rings. The van der Waals surface area contributed by atoms with E-state index in [-0.39, 0.29) is 5.82 Å². The van der Waals surface area contributed by atoms with E-state index in [1.165, 1.54) is 12.1 Å². The van der Waals surface area contributed by atoms with E-state index >= 15 is 0 Å². The molecule has 3 rings (SSSR count). The molecule has 2 heterocycles. The largest absolute Gasteiger partial charge is 0.326 e. The molecule has 0 spiro atoms. The van der Waals surface area contributed by atoms with Gasteiger partial charge in [-0.05, 0) is 35.9 Å². The monoisotopic (exact) mass is 242 g/mol. The number of nitrogens with two attached hydrogens (primary N) is 1. The van der Waals surface area contributed by atoms with Crippen molar-refractivity contribution < 1.29 is 4.39 Å². The second-order valence-electron chi connectivity index (χ2n) is 4.00. The molecular weight excluding hydrogens is 231 g/mol. The minimum Gasteiger partial charge on any atom is -0.326 e. The topological polar surface area (TPSA) is 56.2 Å². The van der Waals surface area contributed by atoms with Crippen LogP contribution in [-0.4, -0.2) is 14.6 Å². The smallest absolute Gasteiger partial charge is 0.168 e. The molecule has 0 amide bonds. The Balaban J connectivity index is 2.19. The molecule has 5 heteroatoms. The van der Waals surface area contributed by atoms with Gasteiger partial charge in [0.1, 0.15) is 5.82 Å². The molecule has 90 valence electrons. The zero-order valence-corrected chi connectivity index (χ0v) is 9.55. The quantitative estimate of drug-likeness (QED) is 0.747. The van der Waals surface area contributed by atoms with Crippen molar-refractivity contribution in [2.45, 2.75) is 6.54 Å². The van der Waals surface area contributed by atoms with Gasteiger partial charge in [-0.1, -0.05) is 6.07 Å². The van der Waals surface area contributed by atoms with Gasteiger partial charge in [-0.25, -0.2) is 4.39 Å². The average Bonchev–Trinajstić information content (AvgIpc) is 2.82. The Morgan fingerprint density at radius 2 is 1.83 bits per heavy atom. The molecule has 0 unspecified atom stereocenters. The second-order valence-corrected chi connectivity index (χ2v) is 4.00. The number of hydrogen-bond acceptors (Lipinski definition) is 3. The first-order valence-electron chi connectivity index (χ1n) is 5.57. The number of rotatable bonds is 2. The summed E-state index contributed by atoms with van der Waals surface area (Å²) in [6.07, 6.45) is 1.90. The van der Waals surface area contributed by atoms with Crippen LogP contribution in [0, 0.1) is 5.82 Å². The number of benzene rings is 1. The minimum atomic E-state index is -0.268. The summed E-state index contributed by atoms with van der Waals surface area (Å²) < 4.78 is 14.8. The summed E-state index contributed by atoms with van der Waals surface area (Å²) in [5, 5.41) is 8.19. The number of nitrogens with zero attached hydrogens (tertiary/aromatic N) is 3. The maximum Gasteiger partial charge on any atom is 0.168 e. The molecule has 0 fully saturated rings. The summed E-state index contributed by atoms with van der Waals surface area (Å²) in [6.45, 7) is 0.455. The lowest BCUT2D eigenvalue weighted by molar-refractivity contribution is 0.628. The van der Waals surface area contributed by atoms with Crippen LogP contribution in [-0.2, 0) is 6.54 Å². The summed E-state index contributed by atoms with van der Waals surface area (Å²) in [6, 6.07) is 9.95. The van der Waals surface area contributed by atoms with Gasteiger partial charge in [0.2, 0.25) is 0 Å². The van der Waals surface area contributed by atoms with Gasteiger partial charge in [-0.15, -0.1) is 10.2 Å². The van der Waals surface area contributed by atoms with Crippen LogP contribution < -0.4 is 5.73 Å². The maximum absolute atomic E-state index is 12.9. The van der Waals surface area contributed by atoms with E-state index in [1.807, 2.05) is 22.7 Å². The summed E-state index contributed by atoms with van der Waals surface area (Å²) >= 11 is 0. The summed E-state index contributed by atoms with van der Waals surface area (Å²) in [5.41, 5.74) is 8.17. The highest BCUT2D eigenvalue weighted by molar-refractivity contribution is 5.59. The lowest BCUT2D eigenvalue weighted by Crippen LogP contribution is -1.99. The molecule has 2 aromatic heterocycles. The van der Waals surface area contributed by atoms with E-state index < -0.39 is 0 Å². The minimum absolute atomic E-state index is 0.268. The third-order valence-corrected chi connectivity index (χ3v) is 2.80. The number of halogens is 1. The SMILES string of the molecule is NCc1ccc2nnc(-c3ccc(F)cc3)n2c1. The van der Waals surface area contributed by atoms with Gasteiger partial charge in [-0.3, -0.25) is 4.40 Å². The van der Waals surface area contributed by atoms with Gasteiger partial charge in [0.25, 0.3) is 0 Å². The van der Waals surface area contributed by atoms with E-state index in [9.17, 15) is 4.39 Å². The molecular formula is C13H11FN4. The fraction of sp³-hybridized carbons (Fsp3) is 0.0769. The molecule has 0 bridgehead atoms. The molecule has 0 saturated heterocycles. The van der Waals surface area contributed by atoms with Crippen molar-refractivity contribution in [1.29, 1.82) is 0 Å². The highest BCUT2D eigenvalue weighted by atomic mass is 19.1. The predicted octanol–water partition coefficient (Wildman–Crippen LogP) is 1.99. The van der Waals surface area contributed by atoms with Gasteiger partial charge in [0.05, 0.1) is 0 Å². The second kappa shape index (κ2) is 4.19. The molecule has 0 aliphatic heterocycles. The zero-order valence-electron chi connectivity index (χ0n) is 9.55. The lowest BCUT2D eigenvalue weighted by Gasteiger charge is -2.02. The Labute approximate surface area is 103 Å². The third-order valence-electron chi connectivity index (χ3n) is 2.80. The van der Waals surface area contributed by atoms with Crippen molar-refractivity contribution in [3.05, 3.63) is 54.0 Å². The van der Waals surface area contributed by atoms with Crippen molar-refractivity contribution in [2.24, 2.45) is 5.73 Å². The molecule has 2 N–H and O–H groups in total. The highest BCUT2D eigenvalue weighted by Crippen LogP contribution is 2.19. The lowest BCUT2D eigenvalue weighted by atomic mass is 10.2. The Morgan fingerprint density at radius 1 is 1.06 bits per heavy atom. The first kappa shape index (κ1) is 10.9. The van der Waals surface area contributed by atoms with E-state index in [0.29, 0.717) is 12.4 Å². The fourth-order valence-electron chi connectivity index (χ4n) is 1.85.